The van der Waals surface area contributed by atoms with E-state index in [-0.39, 0.29) is 5.56 Å². The summed E-state index contributed by atoms with van der Waals surface area (Å²) in [6.07, 6.45) is 0. The molecule has 0 unspecified atom stereocenters. The summed E-state index contributed by atoms with van der Waals surface area (Å²) in [5.41, 5.74) is 0.235. The number of rotatable bonds is 2. The third-order valence-corrected chi connectivity index (χ3v) is 2.21. The molecule has 0 aliphatic heterocycles. The zero-order valence-corrected chi connectivity index (χ0v) is 8.80. The Balaban J connectivity index is 3.19. The minimum atomic E-state index is -0.935. The molecule has 0 fully saturated rings. The molecule has 0 bridgehead atoms. The SMILES string of the molecule is COC(=O)[C@@H](C)c1c(F)cc(C)cc1F. The molecule has 1 atom stereocenters. The summed E-state index contributed by atoms with van der Waals surface area (Å²) in [7, 11) is 1.18. The largest absolute Gasteiger partial charge is 0.469 e. The molecule has 1 rings (SSSR count). The van der Waals surface area contributed by atoms with Gasteiger partial charge in [0.15, 0.2) is 0 Å². The molecule has 1 aromatic rings. The van der Waals surface area contributed by atoms with Gasteiger partial charge in [-0.1, -0.05) is 0 Å². The molecule has 0 saturated carbocycles. The molecular formula is C11H12F2O2. The zero-order chi connectivity index (χ0) is 11.6. The normalized spacial score (nSPS) is 12.3. The average Bonchev–Trinajstić information content (AvgIpc) is 2.14. The Hall–Kier alpha value is -1.45. The van der Waals surface area contributed by atoms with Gasteiger partial charge < -0.3 is 4.74 Å². The van der Waals surface area contributed by atoms with Gasteiger partial charge in [-0.15, -0.1) is 0 Å². The van der Waals surface area contributed by atoms with Crippen LogP contribution in [0.1, 0.15) is 24.0 Å². The molecular weight excluding hydrogens is 202 g/mol. The number of benzene rings is 1. The van der Waals surface area contributed by atoms with E-state index in [0.717, 1.165) is 0 Å². The van der Waals surface area contributed by atoms with E-state index in [1.165, 1.54) is 26.2 Å². The summed E-state index contributed by atoms with van der Waals surface area (Å²) in [5, 5.41) is 0. The van der Waals surface area contributed by atoms with Crippen molar-refractivity contribution in [1.29, 1.82) is 0 Å². The fraction of sp³-hybridized carbons (Fsp3) is 0.364. The summed E-state index contributed by atoms with van der Waals surface area (Å²) < 4.78 is 31.3. The monoisotopic (exact) mass is 214 g/mol. The number of esters is 1. The molecule has 15 heavy (non-hydrogen) atoms. The minimum Gasteiger partial charge on any atom is -0.469 e. The summed E-state index contributed by atoms with van der Waals surface area (Å²) in [5.74, 6) is -3.02. The smallest absolute Gasteiger partial charge is 0.313 e. The van der Waals surface area contributed by atoms with Gasteiger partial charge in [0, 0.05) is 5.56 Å². The Labute approximate surface area is 86.9 Å². The second-order valence-electron chi connectivity index (χ2n) is 3.39. The first-order valence-corrected chi connectivity index (χ1v) is 4.50. The third kappa shape index (κ3) is 2.32. The first-order valence-electron chi connectivity index (χ1n) is 4.50. The van der Waals surface area contributed by atoms with Crippen molar-refractivity contribution >= 4 is 5.97 Å². The fourth-order valence-corrected chi connectivity index (χ4v) is 1.42. The van der Waals surface area contributed by atoms with Crippen molar-refractivity contribution in [1.82, 2.24) is 0 Å². The Morgan fingerprint density at radius 2 is 1.80 bits per heavy atom. The van der Waals surface area contributed by atoms with Crippen molar-refractivity contribution in [3.05, 3.63) is 34.9 Å². The lowest BCUT2D eigenvalue weighted by atomic mass is 9.98. The first kappa shape index (κ1) is 11.6. The van der Waals surface area contributed by atoms with Crippen LogP contribution < -0.4 is 0 Å². The summed E-state index contributed by atoms with van der Waals surface area (Å²) in [4.78, 5) is 11.1. The van der Waals surface area contributed by atoms with E-state index >= 15 is 0 Å². The molecule has 2 nitrogen and oxygen atoms in total. The highest BCUT2D eigenvalue weighted by atomic mass is 19.1. The molecule has 0 spiro atoms. The number of carbonyl (C=O) groups excluding carboxylic acids is 1. The number of hydrogen-bond donors (Lipinski definition) is 0. The predicted octanol–water partition coefficient (Wildman–Crippen LogP) is 2.55. The Bertz CT molecular complexity index is 365. The van der Waals surface area contributed by atoms with E-state index in [4.69, 9.17) is 0 Å². The maximum Gasteiger partial charge on any atom is 0.313 e. The first-order chi connectivity index (χ1) is 6.97. The third-order valence-electron chi connectivity index (χ3n) is 2.21. The van der Waals surface area contributed by atoms with Gasteiger partial charge in [-0.3, -0.25) is 4.79 Å². The van der Waals surface area contributed by atoms with Crippen LogP contribution in [0.4, 0.5) is 8.78 Å². The summed E-state index contributed by atoms with van der Waals surface area (Å²) in [6, 6.07) is 2.38. The van der Waals surface area contributed by atoms with Crippen molar-refractivity contribution in [2.45, 2.75) is 19.8 Å². The van der Waals surface area contributed by atoms with Crippen LogP contribution in [0.3, 0.4) is 0 Å². The van der Waals surface area contributed by atoms with Gasteiger partial charge in [0.25, 0.3) is 0 Å². The Morgan fingerprint density at radius 3 is 2.20 bits per heavy atom. The maximum absolute atomic E-state index is 13.4. The van der Waals surface area contributed by atoms with Crippen LogP contribution in [-0.2, 0) is 9.53 Å². The van der Waals surface area contributed by atoms with Crippen LogP contribution >= 0.6 is 0 Å². The van der Waals surface area contributed by atoms with E-state index in [0.29, 0.717) is 5.56 Å². The number of halogens is 2. The Morgan fingerprint density at radius 1 is 1.33 bits per heavy atom. The standard InChI is InChI=1S/C11H12F2O2/c1-6-4-8(12)10(9(13)5-6)7(2)11(14)15-3/h4-5,7H,1-3H3/t7-/m0/s1. The molecule has 1 aromatic carbocycles. The molecule has 0 aromatic heterocycles. The van der Waals surface area contributed by atoms with Gasteiger partial charge in [-0.05, 0) is 31.5 Å². The molecule has 0 N–H and O–H groups in total. The van der Waals surface area contributed by atoms with Gasteiger partial charge in [-0.2, -0.15) is 0 Å². The van der Waals surface area contributed by atoms with Gasteiger partial charge in [-0.25, -0.2) is 8.78 Å². The minimum absolute atomic E-state index is 0.243. The van der Waals surface area contributed by atoms with E-state index in [2.05, 4.69) is 4.74 Å². The van der Waals surface area contributed by atoms with Crippen LogP contribution in [0.5, 0.6) is 0 Å². The van der Waals surface area contributed by atoms with E-state index in [9.17, 15) is 13.6 Å². The number of aryl methyl sites for hydroxylation is 1. The predicted molar refractivity (Wildman–Crippen MR) is 51.5 cm³/mol. The summed E-state index contributed by atoms with van der Waals surface area (Å²) in [6.45, 7) is 2.99. The number of carbonyl (C=O) groups is 1. The Kier molecular flexibility index (Phi) is 3.39. The lowest BCUT2D eigenvalue weighted by molar-refractivity contribution is -0.142. The lowest BCUT2D eigenvalue weighted by Gasteiger charge is -2.12. The fourth-order valence-electron chi connectivity index (χ4n) is 1.42. The quantitative estimate of drug-likeness (QED) is 0.707. The topological polar surface area (TPSA) is 26.3 Å². The number of ether oxygens (including phenoxy) is 1. The molecule has 0 heterocycles. The van der Waals surface area contributed by atoms with Gasteiger partial charge in [0.05, 0.1) is 13.0 Å². The highest BCUT2D eigenvalue weighted by Crippen LogP contribution is 2.24. The van der Waals surface area contributed by atoms with E-state index in [1.807, 2.05) is 0 Å². The van der Waals surface area contributed by atoms with Crippen LogP contribution in [0.25, 0.3) is 0 Å². The van der Waals surface area contributed by atoms with Crippen molar-refractivity contribution in [3.63, 3.8) is 0 Å². The van der Waals surface area contributed by atoms with Crippen LogP contribution in [0.15, 0.2) is 12.1 Å². The van der Waals surface area contributed by atoms with Crippen LogP contribution in [-0.4, -0.2) is 13.1 Å². The second-order valence-corrected chi connectivity index (χ2v) is 3.39. The zero-order valence-electron chi connectivity index (χ0n) is 8.80. The second kappa shape index (κ2) is 4.38. The summed E-state index contributed by atoms with van der Waals surface area (Å²) >= 11 is 0. The number of hydrogen-bond acceptors (Lipinski definition) is 2. The van der Waals surface area contributed by atoms with Crippen LogP contribution in [0, 0.1) is 18.6 Å². The van der Waals surface area contributed by atoms with Gasteiger partial charge in [0.2, 0.25) is 0 Å². The molecule has 0 saturated heterocycles. The van der Waals surface area contributed by atoms with Crippen molar-refractivity contribution in [2.24, 2.45) is 0 Å². The number of methoxy groups -OCH3 is 1. The van der Waals surface area contributed by atoms with Crippen LogP contribution in [0.2, 0.25) is 0 Å². The van der Waals surface area contributed by atoms with Crippen molar-refractivity contribution in [3.8, 4) is 0 Å². The van der Waals surface area contributed by atoms with Crippen molar-refractivity contribution in [2.75, 3.05) is 7.11 Å². The highest BCUT2D eigenvalue weighted by Gasteiger charge is 2.23. The van der Waals surface area contributed by atoms with E-state index < -0.39 is 23.5 Å². The molecule has 0 amide bonds. The maximum atomic E-state index is 13.4. The average molecular weight is 214 g/mol. The molecule has 0 aliphatic carbocycles. The van der Waals surface area contributed by atoms with E-state index in [1.54, 1.807) is 6.92 Å². The molecule has 4 heteroatoms. The van der Waals surface area contributed by atoms with Gasteiger partial charge in [0.1, 0.15) is 11.6 Å². The van der Waals surface area contributed by atoms with Crippen molar-refractivity contribution < 1.29 is 18.3 Å². The molecule has 0 radical (unpaired) electrons. The highest BCUT2D eigenvalue weighted by molar-refractivity contribution is 5.77. The van der Waals surface area contributed by atoms with Gasteiger partial charge >= 0.3 is 5.97 Å². The molecule has 0 aliphatic rings. The lowest BCUT2D eigenvalue weighted by Crippen LogP contribution is -2.14. The molecule has 82 valence electrons.